The van der Waals surface area contributed by atoms with Gasteiger partial charge in [0.1, 0.15) is 0 Å². The molecule has 0 aliphatic rings. The van der Waals surface area contributed by atoms with Crippen molar-refractivity contribution in [3.63, 3.8) is 0 Å². The molecule has 108 valence electrons. The average molecular weight is 295 g/mol. The Hall–Kier alpha value is 0.846. The molecule has 0 amide bonds. The Morgan fingerprint density at radius 3 is 1.84 bits per heavy atom. The second-order valence-corrected chi connectivity index (χ2v) is 5.02. The maximum atomic E-state index is 10.3. The molecule has 0 atom stereocenters. The molecule has 0 aromatic heterocycles. The fraction of sp³-hybridized carbons (Fsp3) is 0.812. The third kappa shape index (κ3) is 21.3. The number of rotatable bonds is 13. The van der Waals surface area contributed by atoms with Gasteiger partial charge < -0.3 is 5.11 Å². The molecule has 0 saturated heterocycles. The van der Waals surface area contributed by atoms with Gasteiger partial charge in [-0.05, 0) is 32.1 Å². The van der Waals surface area contributed by atoms with Crippen LogP contribution in [0.15, 0.2) is 12.2 Å². The first-order valence-corrected chi connectivity index (χ1v) is 7.64. The van der Waals surface area contributed by atoms with E-state index in [0.717, 1.165) is 12.8 Å². The van der Waals surface area contributed by atoms with Crippen LogP contribution in [0.25, 0.3) is 0 Å². The Balaban J connectivity index is 0. The first-order valence-electron chi connectivity index (χ1n) is 7.64. The Morgan fingerprint density at radius 2 is 1.32 bits per heavy atom. The van der Waals surface area contributed by atoms with Gasteiger partial charge in [-0.15, -0.1) is 0 Å². The second-order valence-electron chi connectivity index (χ2n) is 5.02. The number of aliphatic carboxylic acids is 1. The summed E-state index contributed by atoms with van der Waals surface area (Å²) < 4.78 is 0. The van der Waals surface area contributed by atoms with Gasteiger partial charge in [-0.2, -0.15) is 0 Å². The van der Waals surface area contributed by atoms with Crippen LogP contribution >= 0.6 is 0 Å². The van der Waals surface area contributed by atoms with Gasteiger partial charge >= 0.3 is 57.4 Å². The van der Waals surface area contributed by atoms with Crippen LogP contribution in [-0.2, 0) is 4.79 Å². The fourth-order valence-corrected chi connectivity index (χ4v) is 1.99. The van der Waals surface area contributed by atoms with Crippen LogP contribution < -0.4 is 0 Å². The Bertz CT molecular complexity index is 215. The summed E-state index contributed by atoms with van der Waals surface area (Å²) in [7, 11) is 0. The monoisotopic (exact) mass is 294 g/mol. The molecular weight excluding hydrogens is 263 g/mol. The quantitative estimate of drug-likeness (QED) is 0.304. The van der Waals surface area contributed by atoms with E-state index in [2.05, 4.69) is 19.1 Å². The third-order valence-corrected chi connectivity index (χ3v) is 3.15. The van der Waals surface area contributed by atoms with Gasteiger partial charge in [0.05, 0.1) is 0 Å². The fourth-order valence-electron chi connectivity index (χ4n) is 1.99. The zero-order chi connectivity index (χ0) is 13.5. The number of carboxylic acids is 1. The van der Waals surface area contributed by atoms with Gasteiger partial charge in [0.15, 0.2) is 0 Å². The predicted molar refractivity (Wildman–Crippen MR) is 85.0 cm³/mol. The van der Waals surface area contributed by atoms with Crippen molar-refractivity contribution in [1.82, 2.24) is 0 Å². The number of hydrogen-bond donors (Lipinski definition) is 1. The van der Waals surface area contributed by atoms with Gasteiger partial charge in [-0.3, -0.25) is 4.79 Å². The minimum absolute atomic E-state index is 0. The zero-order valence-corrected chi connectivity index (χ0v) is 12.0. The number of hydrogen-bond acceptors (Lipinski definition) is 1. The van der Waals surface area contributed by atoms with E-state index < -0.39 is 5.97 Å². The van der Waals surface area contributed by atoms with Crippen LogP contribution in [0.3, 0.4) is 0 Å². The molecule has 19 heavy (non-hydrogen) atoms. The van der Waals surface area contributed by atoms with Gasteiger partial charge in [0, 0.05) is 6.42 Å². The number of unbranched alkanes of at least 4 members (excludes halogenated alkanes) is 9. The molecule has 1 N–H and O–H groups in total. The normalized spacial score (nSPS) is 10.6. The maximum absolute atomic E-state index is 10.3. The SMILES string of the molecule is CCCCCCC=CCCCCCCCC(=O)O.[KH]. The molecular formula is C16H31KO2. The molecule has 0 aromatic carbocycles. The molecule has 0 rings (SSSR count). The summed E-state index contributed by atoms with van der Waals surface area (Å²) in [4.78, 5) is 10.3. The van der Waals surface area contributed by atoms with E-state index >= 15 is 0 Å². The molecule has 2 nitrogen and oxygen atoms in total. The molecule has 0 aliphatic heterocycles. The van der Waals surface area contributed by atoms with E-state index in [0.29, 0.717) is 6.42 Å². The number of carbonyl (C=O) groups is 1. The van der Waals surface area contributed by atoms with Crippen molar-refractivity contribution in [2.24, 2.45) is 0 Å². The van der Waals surface area contributed by atoms with Crippen molar-refractivity contribution in [1.29, 1.82) is 0 Å². The number of allylic oxidation sites excluding steroid dienone is 2. The molecule has 0 fully saturated rings. The van der Waals surface area contributed by atoms with Crippen molar-refractivity contribution >= 4 is 57.4 Å². The zero-order valence-electron chi connectivity index (χ0n) is 12.0. The summed E-state index contributed by atoms with van der Waals surface area (Å²) >= 11 is 0. The van der Waals surface area contributed by atoms with Crippen molar-refractivity contribution in [3.8, 4) is 0 Å². The van der Waals surface area contributed by atoms with Crippen LogP contribution in [0.1, 0.15) is 84.0 Å². The van der Waals surface area contributed by atoms with E-state index in [1.165, 1.54) is 57.8 Å². The first-order chi connectivity index (χ1) is 8.77. The van der Waals surface area contributed by atoms with Crippen LogP contribution in [0.2, 0.25) is 0 Å². The molecule has 0 aliphatic carbocycles. The Kier molecular flexibility index (Phi) is 22.0. The van der Waals surface area contributed by atoms with Crippen molar-refractivity contribution in [2.75, 3.05) is 0 Å². The number of carboxylic acid groups (broad SMARTS) is 1. The predicted octanol–water partition coefficient (Wildman–Crippen LogP) is 4.68. The van der Waals surface area contributed by atoms with Crippen LogP contribution in [0, 0.1) is 0 Å². The summed E-state index contributed by atoms with van der Waals surface area (Å²) in [5.74, 6) is -0.666. The summed E-state index contributed by atoms with van der Waals surface area (Å²) in [5.41, 5.74) is 0. The van der Waals surface area contributed by atoms with E-state index in [-0.39, 0.29) is 51.4 Å². The van der Waals surface area contributed by atoms with E-state index in [9.17, 15) is 4.79 Å². The van der Waals surface area contributed by atoms with Crippen LogP contribution in [-0.4, -0.2) is 62.5 Å². The molecule has 0 heterocycles. The molecule has 0 unspecified atom stereocenters. The standard InChI is InChI=1S/C16H30O2.K.H/c1-2-3-4-5-6-7-8-9-10-11-12-13-14-15-16(17)18;;/h7-8H,2-6,9-15H2,1H3,(H,17,18);;. The first kappa shape index (κ1) is 22.1. The van der Waals surface area contributed by atoms with E-state index in [4.69, 9.17) is 5.11 Å². The minimum atomic E-state index is -0.666. The van der Waals surface area contributed by atoms with E-state index in [1.807, 2.05) is 0 Å². The molecule has 3 heteroatoms. The van der Waals surface area contributed by atoms with Gasteiger partial charge in [0.25, 0.3) is 0 Å². The van der Waals surface area contributed by atoms with Crippen molar-refractivity contribution in [2.45, 2.75) is 84.0 Å². The Morgan fingerprint density at radius 1 is 0.842 bits per heavy atom. The molecule has 0 radical (unpaired) electrons. The van der Waals surface area contributed by atoms with E-state index in [1.54, 1.807) is 0 Å². The van der Waals surface area contributed by atoms with Crippen LogP contribution in [0.4, 0.5) is 0 Å². The van der Waals surface area contributed by atoms with Crippen molar-refractivity contribution < 1.29 is 9.90 Å². The summed E-state index contributed by atoms with van der Waals surface area (Å²) in [6, 6.07) is 0. The van der Waals surface area contributed by atoms with Crippen molar-refractivity contribution in [3.05, 3.63) is 12.2 Å². The third-order valence-electron chi connectivity index (χ3n) is 3.15. The summed E-state index contributed by atoms with van der Waals surface area (Å²) in [5, 5.41) is 8.48. The topological polar surface area (TPSA) is 37.3 Å². The molecule has 0 bridgehead atoms. The molecule has 0 saturated carbocycles. The summed E-state index contributed by atoms with van der Waals surface area (Å²) in [6.45, 7) is 2.24. The summed E-state index contributed by atoms with van der Waals surface area (Å²) in [6.07, 6.45) is 18.3. The average Bonchev–Trinajstić information content (AvgIpc) is 2.34. The molecule has 0 spiro atoms. The van der Waals surface area contributed by atoms with Gasteiger partial charge in [0.2, 0.25) is 0 Å². The Labute approximate surface area is 161 Å². The molecule has 0 aromatic rings. The second kappa shape index (κ2) is 18.8. The van der Waals surface area contributed by atoms with Gasteiger partial charge in [-0.1, -0.05) is 57.6 Å². The van der Waals surface area contributed by atoms with Crippen LogP contribution in [0.5, 0.6) is 0 Å². The van der Waals surface area contributed by atoms with Gasteiger partial charge in [-0.25, -0.2) is 0 Å².